The van der Waals surface area contributed by atoms with E-state index in [0.29, 0.717) is 0 Å². The second kappa shape index (κ2) is 15.9. The van der Waals surface area contributed by atoms with Gasteiger partial charge in [0.15, 0.2) is 0 Å². The minimum atomic E-state index is -0.0280. The van der Waals surface area contributed by atoms with Gasteiger partial charge in [-0.1, -0.05) is 102 Å². The van der Waals surface area contributed by atoms with Crippen molar-refractivity contribution < 1.29 is 24.6 Å². The van der Waals surface area contributed by atoms with Crippen molar-refractivity contribution >= 4 is 46.4 Å². The van der Waals surface area contributed by atoms with Crippen molar-refractivity contribution in [3.8, 4) is 44.5 Å². The molecule has 3 aromatic heterocycles. The van der Waals surface area contributed by atoms with Crippen molar-refractivity contribution in [1.29, 1.82) is 0 Å². The number of fused-ring (bicyclic) bond motifs is 8. The second-order valence-electron chi connectivity index (χ2n) is 16.5. The van der Waals surface area contributed by atoms with Crippen LogP contribution in [-0.2, 0) is 26.1 Å². The molecule has 4 aromatic carbocycles. The van der Waals surface area contributed by atoms with Crippen LogP contribution in [0.25, 0.3) is 90.9 Å². The van der Waals surface area contributed by atoms with Gasteiger partial charge in [-0.05, 0) is 170 Å². The summed E-state index contributed by atoms with van der Waals surface area (Å²) in [5, 5.41) is 9.94. The molecule has 9 rings (SSSR count). The molecule has 0 amide bonds. The summed E-state index contributed by atoms with van der Waals surface area (Å²) in [6, 6.07) is 30.1. The van der Waals surface area contributed by atoms with Crippen molar-refractivity contribution in [3.63, 3.8) is 0 Å². The first-order valence-corrected chi connectivity index (χ1v) is 20.4. The van der Waals surface area contributed by atoms with Crippen LogP contribution < -0.4 is 9.97 Å². The topological polar surface area (TPSA) is 74.2 Å². The smallest absolute Gasteiger partial charge is 0.657 e. The van der Waals surface area contributed by atoms with Gasteiger partial charge in [0, 0.05) is 0 Å². The predicted molar refractivity (Wildman–Crippen MR) is 247 cm³/mol. The number of aryl methyl sites for hydroxylation is 9. The number of benzene rings is 4. The number of aliphatic hydroxyl groups excluding tert-OH is 1. The Morgan fingerprint density at radius 1 is 0.383 bits per heavy atom. The molecule has 6 heteroatoms. The summed E-state index contributed by atoms with van der Waals surface area (Å²) in [7, 11) is 0. The summed E-state index contributed by atoms with van der Waals surface area (Å²) in [4.78, 5) is 22.1. The summed E-state index contributed by atoms with van der Waals surface area (Å²) in [5.74, 6) is 0. The molecule has 5 heterocycles. The molecule has 0 radical (unpaired) electrons. The third kappa shape index (κ3) is 7.12. The van der Waals surface area contributed by atoms with E-state index in [1.807, 2.05) is 12.1 Å². The molecule has 7 aromatic rings. The van der Waals surface area contributed by atoms with E-state index in [1.165, 1.54) is 50.1 Å². The molecular weight excluding hydrogens is 786 g/mol. The number of rotatable bonds is 5. The monoisotopic (exact) mass is 832 g/mol. The van der Waals surface area contributed by atoms with Gasteiger partial charge in [-0.3, -0.25) is 0 Å². The van der Waals surface area contributed by atoms with E-state index in [0.717, 1.165) is 94.9 Å². The van der Waals surface area contributed by atoms with Crippen LogP contribution in [0.2, 0.25) is 0 Å². The first kappa shape index (κ1) is 40.8. The zero-order chi connectivity index (χ0) is 41.3. The average molecular weight is 834 g/mol. The molecule has 0 spiro atoms. The molecule has 5 nitrogen and oxygen atoms in total. The van der Waals surface area contributed by atoms with Gasteiger partial charge < -0.3 is 15.1 Å². The molecule has 292 valence electrons. The Hall–Kier alpha value is -5.94. The molecular formula is C54H48N4OZn. The van der Waals surface area contributed by atoms with Gasteiger partial charge in [0.2, 0.25) is 0 Å². The predicted octanol–water partition coefficient (Wildman–Crippen LogP) is 12.8. The van der Waals surface area contributed by atoms with E-state index >= 15 is 0 Å². The van der Waals surface area contributed by atoms with Crippen LogP contribution in [0.5, 0.6) is 0 Å². The fourth-order valence-corrected chi connectivity index (χ4v) is 9.65. The van der Waals surface area contributed by atoms with Gasteiger partial charge >= 0.3 is 19.5 Å². The first-order valence-electron chi connectivity index (χ1n) is 20.4. The second-order valence-corrected chi connectivity index (χ2v) is 16.5. The van der Waals surface area contributed by atoms with Crippen LogP contribution in [0.4, 0.5) is 0 Å². The summed E-state index contributed by atoms with van der Waals surface area (Å²) >= 11 is 0. The molecule has 0 atom stereocenters. The Kier molecular flexibility index (Phi) is 10.8. The maximum Gasteiger partial charge on any atom is 2.00 e. The molecule has 8 bridgehead atoms. The molecule has 1 N–H and O–H groups in total. The molecule has 2 aliphatic rings. The van der Waals surface area contributed by atoms with E-state index in [9.17, 15) is 5.11 Å². The summed E-state index contributed by atoms with van der Waals surface area (Å²) in [6.45, 7) is 19.5. The van der Waals surface area contributed by atoms with Crippen LogP contribution >= 0.6 is 0 Å². The fourth-order valence-electron chi connectivity index (χ4n) is 9.65. The Labute approximate surface area is 365 Å². The Morgan fingerprint density at radius 2 is 0.667 bits per heavy atom. The van der Waals surface area contributed by atoms with E-state index in [-0.39, 0.29) is 26.1 Å². The van der Waals surface area contributed by atoms with Gasteiger partial charge in [-0.2, -0.15) is 0 Å². The summed E-state index contributed by atoms with van der Waals surface area (Å²) in [6.07, 6.45) is 8.54. The van der Waals surface area contributed by atoms with Crippen molar-refractivity contribution in [1.82, 2.24) is 19.9 Å². The minimum Gasteiger partial charge on any atom is -0.657 e. The number of hydrogen-bond donors (Lipinski definition) is 1. The van der Waals surface area contributed by atoms with E-state index in [1.54, 1.807) is 0 Å². The molecule has 0 fully saturated rings. The van der Waals surface area contributed by atoms with Gasteiger partial charge in [0.05, 0.1) is 29.4 Å². The Balaban J connectivity index is 0.00000499. The van der Waals surface area contributed by atoms with E-state index < -0.39 is 0 Å². The van der Waals surface area contributed by atoms with Gasteiger partial charge in [0.25, 0.3) is 0 Å². The van der Waals surface area contributed by atoms with Crippen LogP contribution in [0.15, 0.2) is 84.9 Å². The third-order valence-electron chi connectivity index (χ3n) is 11.8. The standard InChI is InChI=1S/C54H48N4O.Zn/c1-29-22-32(4)48(33(5)23-29)52-42-16-14-40(55-42)51(39-12-10-38(28-59)11-13-39)41-15-17-43(56-41)53(49-34(6)24-30(2)25-35(49)7)45-19-21-47(58-45)54(46-20-18-44(52)57-46)50-36(8)26-31(3)27-37(50)9;/h10-27,59H,28H2,1-9H3;/q-2;+2. The summed E-state index contributed by atoms with van der Waals surface area (Å²) in [5.41, 5.74) is 26.6. The maximum absolute atomic E-state index is 9.94. The van der Waals surface area contributed by atoms with Crippen LogP contribution in [0, 0.1) is 62.3 Å². The summed E-state index contributed by atoms with van der Waals surface area (Å²) < 4.78 is 0. The molecule has 0 unspecified atom stereocenters. The van der Waals surface area contributed by atoms with Crippen LogP contribution in [-0.4, -0.2) is 15.1 Å². The Morgan fingerprint density at radius 3 is 0.967 bits per heavy atom. The van der Waals surface area contributed by atoms with E-state index in [4.69, 9.17) is 19.9 Å². The maximum atomic E-state index is 9.94. The zero-order valence-corrected chi connectivity index (χ0v) is 39.0. The quantitative estimate of drug-likeness (QED) is 0.175. The van der Waals surface area contributed by atoms with Crippen molar-refractivity contribution in [2.45, 2.75) is 68.9 Å². The van der Waals surface area contributed by atoms with Gasteiger partial charge in [-0.15, -0.1) is 22.1 Å². The Bertz CT molecular complexity index is 3000. The van der Waals surface area contributed by atoms with Crippen molar-refractivity contribution in [2.75, 3.05) is 0 Å². The fraction of sp³-hybridized carbons (Fsp3) is 0.185. The van der Waals surface area contributed by atoms with Crippen molar-refractivity contribution in [2.24, 2.45) is 0 Å². The zero-order valence-electron chi connectivity index (χ0n) is 36.0. The van der Waals surface area contributed by atoms with Crippen molar-refractivity contribution in [3.05, 3.63) is 163 Å². The van der Waals surface area contributed by atoms with Crippen LogP contribution in [0.3, 0.4) is 0 Å². The van der Waals surface area contributed by atoms with Crippen LogP contribution in [0.1, 0.15) is 78.4 Å². The molecule has 0 saturated carbocycles. The number of hydrogen-bond acceptors (Lipinski definition) is 3. The first-order chi connectivity index (χ1) is 28.4. The number of aromatic nitrogens is 4. The third-order valence-corrected chi connectivity index (χ3v) is 11.8. The largest absolute Gasteiger partial charge is 2.00 e. The molecule has 0 aliphatic carbocycles. The normalized spacial score (nSPS) is 12.0. The SMILES string of the molecule is Cc1cc(C)c(-c2c3nc(c(-c4c(C)cc(C)cc4C)c4ccc([n-]4)c(-c4c(C)cc(C)cc4C)c4nc(c(-c5ccc(CO)cc5)c5ccc2[n-]5)C=C4)C=C3)c(C)c1.[Zn+2]. The molecule has 60 heavy (non-hydrogen) atoms. The van der Waals surface area contributed by atoms with E-state index in [2.05, 4.69) is 159 Å². The number of aliphatic hydroxyl groups is 1. The minimum absolute atomic E-state index is 0. The molecule has 0 saturated heterocycles. The average Bonchev–Trinajstić information content (AvgIpc) is 4.02. The number of nitrogens with zero attached hydrogens (tertiary/aromatic N) is 4. The van der Waals surface area contributed by atoms with Gasteiger partial charge in [-0.25, -0.2) is 9.97 Å². The molecule has 2 aliphatic heterocycles. The van der Waals surface area contributed by atoms with Gasteiger partial charge in [0.1, 0.15) is 0 Å².